The molecule has 4 aromatic rings. The van der Waals surface area contributed by atoms with Crippen molar-refractivity contribution in [3.05, 3.63) is 57.3 Å². The van der Waals surface area contributed by atoms with Crippen molar-refractivity contribution in [2.24, 2.45) is 0 Å². The van der Waals surface area contributed by atoms with Crippen LogP contribution >= 0.6 is 22.9 Å². The van der Waals surface area contributed by atoms with Gasteiger partial charge in [-0.1, -0.05) is 23.7 Å². The lowest BCUT2D eigenvalue weighted by atomic mass is 10.2. The lowest BCUT2D eigenvalue weighted by Gasteiger charge is -2.03. The number of carbonyl (C=O) groups excluding carboxylic acids is 1. The van der Waals surface area contributed by atoms with Gasteiger partial charge in [0.25, 0.3) is 5.91 Å². The van der Waals surface area contributed by atoms with Crippen LogP contribution in [0.15, 0.2) is 30.3 Å². The summed E-state index contributed by atoms with van der Waals surface area (Å²) in [6.07, 6.45) is -4.67. The fourth-order valence-corrected chi connectivity index (χ4v) is 3.88. The fourth-order valence-electron chi connectivity index (χ4n) is 2.70. The quantitative estimate of drug-likeness (QED) is 0.489. The number of alkyl halides is 3. The van der Waals surface area contributed by atoms with E-state index in [1.807, 2.05) is 19.1 Å². The van der Waals surface area contributed by atoms with Crippen LogP contribution in [0, 0.1) is 6.92 Å². The number of amides is 1. The predicted molar refractivity (Wildman–Crippen MR) is 102 cm³/mol. The van der Waals surface area contributed by atoms with Crippen LogP contribution in [0.5, 0.6) is 0 Å². The van der Waals surface area contributed by atoms with Gasteiger partial charge in [0.2, 0.25) is 11.8 Å². The van der Waals surface area contributed by atoms with Gasteiger partial charge in [-0.2, -0.15) is 23.3 Å². The first kappa shape index (κ1) is 19.4. The van der Waals surface area contributed by atoms with Gasteiger partial charge in [-0.05, 0) is 30.7 Å². The van der Waals surface area contributed by atoms with Crippen LogP contribution < -0.4 is 5.32 Å². The molecular weight excluding hydrogens is 429 g/mol. The molecule has 7 nitrogen and oxygen atoms in total. The van der Waals surface area contributed by atoms with Crippen LogP contribution in [-0.4, -0.2) is 30.9 Å². The standard InChI is InChI=1S/C17H12ClF3N6OS/c1-8-11-6-12(13(28)22-16-23-15(24-25-16)17(19,20)21)29-14(11)27(26-8)7-9-2-4-10(18)5-3-9/h2-6H,7H2,1H3,(H2,22,23,24,25,28). The molecule has 3 aromatic heterocycles. The highest BCUT2D eigenvalue weighted by atomic mass is 35.5. The Morgan fingerprint density at radius 3 is 2.69 bits per heavy atom. The van der Waals surface area contributed by atoms with Crippen molar-refractivity contribution in [3.8, 4) is 0 Å². The molecule has 150 valence electrons. The Morgan fingerprint density at radius 2 is 2.03 bits per heavy atom. The molecule has 0 fully saturated rings. The van der Waals surface area contributed by atoms with Gasteiger partial charge in [-0.25, -0.2) is 0 Å². The largest absolute Gasteiger partial charge is 0.451 e. The van der Waals surface area contributed by atoms with E-state index in [4.69, 9.17) is 11.6 Å². The number of hydrogen-bond acceptors (Lipinski definition) is 5. The van der Waals surface area contributed by atoms with E-state index in [9.17, 15) is 18.0 Å². The minimum absolute atomic E-state index is 0.309. The van der Waals surface area contributed by atoms with Crippen molar-refractivity contribution in [3.63, 3.8) is 0 Å². The molecule has 0 saturated carbocycles. The maximum Gasteiger partial charge on any atom is 0.451 e. The molecule has 0 atom stereocenters. The summed E-state index contributed by atoms with van der Waals surface area (Å²) in [5, 5.41) is 13.3. The van der Waals surface area contributed by atoms with Crippen LogP contribution in [0.4, 0.5) is 19.1 Å². The lowest BCUT2D eigenvalue weighted by Crippen LogP contribution is -2.12. The number of fused-ring (bicyclic) bond motifs is 1. The van der Waals surface area contributed by atoms with Crippen LogP contribution in [0.2, 0.25) is 5.02 Å². The third-order valence-corrected chi connectivity index (χ3v) is 5.46. The number of aromatic nitrogens is 5. The summed E-state index contributed by atoms with van der Waals surface area (Å²) in [7, 11) is 0. The molecule has 0 spiro atoms. The Balaban J connectivity index is 1.57. The Kier molecular flexibility index (Phi) is 4.79. The van der Waals surface area contributed by atoms with Crippen molar-refractivity contribution >= 4 is 45.0 Å². The maximum atomic E-state index is 12.6. The van der Waals surface area contributed by atoms with Gasteiger partial charge in [0, 0.05) is 10.4 Å². The van der Waals surface area contributed by atoms with Gasteiger partial charge < -0.3 is 0 Å². The number of carbonyl (C=O) groups is 1. The van der Waals surface area contributed by atoms with E-state index in [1.165, 1.54) is 11.3 Å². The molecule has 12 heteroatoms. The first-order valence-corrected chi connectivity index (χ1v) is 9.42. The van der Waals surface area contributed by atoms with E-state index in [2.05, 4.69) is 20.5 Å². The van der Waals surface area contributed by atoms with E-state index < -0.39 is 23.9 Å². The van der Waals surface area contributed by atoms with Crippen molar-refractivity contribution < 1.29 is 18.0 Å². The molecule has 1 aromatic carbocycles. The van der Waals surface area contributed by atoms with Gasteiger partial charge in [0.15, 0.2) is 0 Å². The van der Waals surface area contributed by atoms with Crippen LogP contribution in [0.3, 0.4) is 0 Å². The second kappa shape index (κ2) is 7.16. The second-order valence-electron chi connectivity index (χ2n) is 6.16. The van der Waals surface area contributed by atoms with E-state index in [0.29, 0.717) is 16.4 Å². The molecule has 2 N–H and O–H groups in total. The van der Waals surface area contributed by atoms with Gasteiger partial charge in [-0.15, -0.1) is 16.4 Å². The van der Waals surface area contributed by atoms with E-state index >= 15 is 0 Å². The minimum Gasteiger partial charge on any atom is -0.288 e. The van der Waals surface area contributed by atoms with E-state index in [1.54, 1.807) is 28.0 Å². The number of aryl methyl sites for hydroxylation is 1. The average Bonchev–Trinajstić information content (AvgIpc) is 3.34. The zero-order chi connectivity index (χ0) is 20.8. The molecule has 0 radical (unpaired) electrons. The number of thiophene rings is 1. The van der Waals surface area contributed by atoms with Gasteiger partial charge in [0.05, 0.1) is 17.1 Å². The second-order valence-corrected chi connectivity index (χ2v) is 7.63. The highest BCUT2D eigenvalue weighted by molar-refractivity contribution is 7.20. The maximum absolute atomic E-state index is 12.6. The summed E-state index contributed by atoms with van der Waals surface area (Å²) in [6.45, 7) is 2.30. The van der Waals surface area contributed by atoms with Gasteiger partial charge >= 0.3 is 6.18 Å². The SMILES string of the molecule is Cc1nn(Cc2ccc(Cl)cc2)c2sc(C(=O)Nc3n[nH]c(C(F)(F)F)n3)cc12. The molecule has 29 heavy (non-hydrogen) atoms. The number of benzene rings is 1. The summed E-state index contributed by atoms with van der Waals surface area (Å²) in [5.74, 6) is -2.32. The Labute approximate surface area is 170 Å². The zero-order valence-electron chi connectivity index (χ0n) is 14.7. The Hall–Kier alpha value is -2.92. The zero-order valence-corrected chi connectivity index (χ0v) is 16.3. The first-order valence-electron chi connectivity index (χ1n) is 8.23. The van der Waals surface area contributed by atoms with Crippen LogP contribution in [0.25, 0.3) is 10.2 Å². The van der Waals surface area contributed by atoms with Crippen molar-refractivity contribution in [2.45, 2.75) is 19.6 Å². The monoisotopic (exact) mass is 440 g/mol. The molecule has 3 heterocycles. The average molecular weight is 441 g/mol. The van der Waals surface area contributed by atoms with E-state index in [0.717, 1.165) is 21.5 Å². The summed E-state index contributed by atoms with van der Waals surface area (Å²) in [5.41, 5.74) is 1.72. The number of nitrogens with zero attached hydrogens (tertiary/aromatic N) is 4. The van der Waals surface area contributed by atoms with Crippen molar-refractivity contribution in [1.29, 1.82) is 0 Å². The molecule has 1 amide bonds. The molecular formula is C17H12ClF3N6OS. The summed E-state index contributed by atoms with van der Waals surface area (Å²) < 4.78 is 39.5. The predicted octanol–water partition coefficient (Wildman–Crippen LogP) is 4.50. The number of anilines is 1. The summed E-state index contributed by atoms with van der Waals surface area (Å²) in [4.78, 5) is 16.8. The first-order chi connectivity index (χ1) is 13.7. The van der Waals surface area contributed by atoms with Crippen LogP contribution in [0.1, 0.15) is 26.8 Å². The van der Waals surface area contributed by atoms with Crippen molar-refractivity contribution in [2.75, 3.05) is 5.32 Å². The third kappa shape index (κ3) is 3.96. The number of halogens is 4. The molecule has 0 aliphatic heterocycles. The summed E-state index contributed by atoms with van der Waals surface area (Å²) >= 11 is 7.09. The Morgan fingerprint density at radius 1 is 1.31 bits per heavy atom. The number of H-pyrrole nitrogens is 1. The molecule has 4 rings (SSSR count). The highest BCUT2D eigenvalue weighted by Crippen LogP contribution is 2.30. The molecule has 0 unspecified atom stereocenters. The molecule has 0 aliphatic carbocycles. The number of rotatable bonds is 4. The normalized spacial score (nSPS) is 11.9. The van der Waals surface area contributed by atoms with Gasteiger partial charge in [-0.3, -0.25) is 19.9 Å². The lowest BCUT2D eigenvalue weighted by molar-refractivity contribution is -0.144. The molecule has 0 bridgehead atoms. The summed E-state index contributed by atoms with van der Waals surface area (Å²) in [6, 6.07) is 8.97. The topological polar surface area (TPSA) is 88.5 Å². The van der Waals surface area contributed by atoms with Crippen molar-refractivity contribution in [1.82, 2.24) is 25.0 Å². The number of hydrogen-bond donors (Lipinski definition) is 2. The molecule has 0 aliphatic rings. The van der Waals surface area contributed by atoms with Crippen LogP contribution in [-0.2, 0) is 12.7 Å². The van der Waals surface area contributed by atoms with E-state index in [-0.39, 0.29) is 0 Å². The third-order valence-electron chi connectivity index (χ3n) is 4.06. The highest BCUT2D eigenvalue weighted by Gasteiger charge is 2.35. The smallest absolute Gasteiger partial charge is 0.288 e. The number of aromatic amines is 1. The van der Waals surface area contributed by atoms with Gasteiger partial charge in [0.1, 0.15) is 4.83 Å². The molecule has 0 saturated heterocycles. The number of nitrogens with one attached hydrogen (secondary N) is 2. The fraction of sp³-hybridized carbons (Fsp3) is 0.176. The Bertz CT molecular complexity index is 1190. The minimum atomic E-state index is -4.67.